The number of carbonyl (C=O) groups is 2. The highest BCUT2D eigenvalue weighted by Gasteiger charge is 2.64. The van der Waals surface area contributed by atoms with Crippen molar-refractivity contribution in [3.05, 3.63) is 23.8 Å². The summed E-state index contributed by atoms with van der Waals surface area (Å²) in [7, 11) is 0. The van der Waals surface area contributed by atoms with Crippen molar-refractivity contribution in [2.75, 3.05) is 0 Å². The largest absolute Gasteiger partial charge is 0.459 e. The molecule has 4 rings (SSSR count). The number of esters is 1. The molecule has 1 N–H and O–H groups in total. The zero-order chi connectivity index (χ0) is 20.4. The number of rotatable bonds is 2. The Morgan fingerprint density at radius 1 is 1.39 bits per heavy atom. The van der Waals surface area contributed by atoms with Gasteiger partial charge in [0, 0.05) is 16.7 Å². The number of hydrogen-bond donors (Lipinski definition) is 1. The molecule has 0 saturated heterocycles. The van der Waals surface area contributed by atoms with Gasteiger partial charge in [0.25, 0.3) is 0 Å². The molecular formula is C23H31FO4. The Kier molecular flexibility index (Phi) is 4.61. The Bertz CT molecular complexity index is 756. The predicted octanol–water partition coefficient (Wildman–Crippen LogP) is 3.78. The molecule has 0 heterocycles. The molecule has 0 amide bonds. The lowest BCUT2D eigenvalue weighted by atomic mass is 9.47. The standard InChI is InChI=1S/C23H31FO4/c1-12-9-17-16-6-5-14-10-15(25)7-8-22(14,3)19(16)18(26)11-23(17,4)20(12)28-21(27)13(2)24/h7-8,10,12-13,16-20,26H,5-6,9,11H2,1-4H3/t12-,13?,16+,17+,18+,19-,20-,22+,23+/m1/s1. The smallest absolute Gasteiger partial charge is 0.340 e. The zero-order valence-corrected chi connectivity index (χ0v) is 17.2. The van der Waals surface area contributed by atoms with Crippen molar-refractivity contribution in [2.45, 2.75) is 71.8 Å². The Morgan fingerprint density at radius 2 is 2.11 bits per heavy atom. The average Bonchev–Trinajstić information content (AvgIpc) is 2.86. The van der Waals surface area contributed by atoms with E-state index in [0.717, 1.165) is 24.8 Å². The van der Waals surface area contributed by atoms with E-state index < -0.39 is 18.2 Å². The Labute approximate surface area is 166 Å². The van der Waals surface area contributed by atoms with Crippen molar-refractivity contribution in [3.8, 4) is 0 Å². The number of fused-ring (bicyclic) bond motifs is 5. The minimum absolute atomic E-state index is 0.0304. The summed E-state index contributed by atoms with van der Waals surface area (Å²) in [4.78, 5) is 23.9. The van der Waals surface area contributed by atoms with Crippen molar-refractivity contribution in [3.63, 3.8) is 0 Å². The van der Waals surface area contributed by atoms with Gasteiger partial charge < -0.3 is 9.84 Å². The van der Waals surface area contributed by atoms with Crippen LogP contribution in [0.4, 0.5) is 4.39 Å². The molecule has 5 heteroatoms. The van der Waals surface area contributed by atoms with Gasteiger partial charge in [-0.2, -0.15) is 0 Å². The van der Waals surface area contributed by atoms with Gasteiger partial charge in [0.1, 0.15) is 6.10 Å². The number of hydrogen-bond acceptors (Lipinski definition) is 4. The second kappa shape index (κ2) is 6.51. The molecule has 154 valence electrons. The molecule has 0 spiro atoms. The van der Waals surface area contributed by atoms with Crippen LogP contribution in [0, 0.1) is 34.5 Å². The van der Waals surface area contributed by atoms with Crippen LogP contribution in [-0.4, -0.2) is 35.2 Å². The topological polar surface area (TPSA) is 63.6 Å². The maximum atomic E-state index is 13.5. The van der Waals surface area contributed by atoms with Gasteiger partial charge in [0.15, 0.2) is 12.0 Å². The average molecular weight is 390 g/mol. The summed E-state index contributed by atoms with van der Waals surface area (Å²) >= 11 is 0. The molecule has 0 aromatic rings. The van der Waals surface area contributed by atoms with Gasteiger partial charge in [-0.05, 0) is 62.5 Å². The minimum atomic E-state index is -1.64. The third kappa shape index (κ3) is 2.72. The lowest BCUT2D eigenvalue weighted by Crippen LogP contribution is -2.57. The second-order valence-corrected chi connectivity index (χ2v) is 9.99. The molecule has 9 atom stereocenters. The van der Waals surface area contributed by atoms with Crippen LogP contribution in [0.5, 0.6) is 0 Å². The lowest BCUT2D eigenvalue weighted by Gasteiger charge is -2.58. The first-order valence-corrected chi connectivity index (χ1v) is 10.5. The van der Waals surface area contributed by atoms with Gasteiger partial charge in [-0.1, -0.05) is 32.4 Å². The highest BCUT2D eigenvalue weighted by molar-refractivity contribution is 6.01. The van der Waals surface area contributed by atoms with Gasteiger partial charge in [-0.3, -0.25) is 4.79 Å². The van der Waals surface area contributed by atoms with Gasteiger partial charge in [0.05, 0.1) is 6.10 Å². The SMILES string of the molecule is CC(F)C(=O)O[C@@H]1[C@H](C)C[C@H]2[C@@H]3CCC4=CC(=O)C=C[C@]4(C)[C@H]3[C@@H](O)C[C@]12C. The summed E-state index contributed by atoms with van der Waals surface area (Å²) < 4.78 is 19.1. The third-order valence-corrected chi connectivity index (χ3v) is 8.29. The second-order valence-electron chi connectivity index (χ2n) is 9.99. The molecule has 4 aliphatic carbocycles. The quantitative estimate of drug-likeness (QED) is 0.729. The number of carbonyl (C=O) groups excluding carboxylic acids is 2. The molecule has 0 bridgehead atoms. The molecular weight excluding hydrogens is 359 g/mol. The number of ketones is 1. The Hall–Kier alpha value is -1.49. The van der Waals surface area contributed by atoms with E-state index in [1.807, 2.05) is 6.08 Å². The fraction of sp³-hybridized carbons (Fsp3) is 0.739. The summed E-state index contributed by atoms with van der Waals surface area (Å²) in [5.41, 5.74) is 0.475. The molecule has 3 fully saturated rings. The van der Waals surface area contributed by atoms with E-state index in [0.29, 0.717) is 18.3 Å². The molecule has 4 nitrogen and oxygen atoms in total. The minimum Gasteiger partial charge on any atom is -0.459 e. The highest BCUT2D eigenvalue weighted by Crippen LogP contribution is 2.65. The van der Waals surface area contributed by atoms with Crippen LogP contribution < -0.4 is 0 Å². The van der Waals surface area contributed by atoms with Crippen LogP contribution in [-0.2, 0) is 14.3 Å². The normalized spacial score (nSPS) is 48.2. The maximum Gasteiger partial charge on any atom is 0.340 e. The Morgan fingerprint density at radius 3 is 2.79 bits per heavy atom. The molecule has 1 unspecified atom stereocenters. The van der Waals surface area contributed by atoms with E-state index in [1.165, 1.54) is 6.92 Å². The van der Waals surface area contributed by atoms with Crippen molar-refractivity contribution in [1.29, 1.82) is 0 Å². The van der Waals surface area contributed by atoms with Crippen LogP contribution in [0.15, 0.2) is 23.8 Å². The van der Waals surface area contributed by atoms with Crippen LogP contribution in [0.2, 0.25) is 0 Å². The predicted molar refractivity (Wildman–Crippen MR) is 103 cm³/mol. The maximum absolute atomic E-state index is 13.5. The number of halogens is 1. The molecule has 28 heavy (non-hydrogen) atoms. The molecule has 0 aromatic carbocycles. The first kappa shape index (κ1) is 19.8. The van der Waals surface area contributed by atoms with E-state index in [9.17, 15) is 19.1 Å². The molecule has 3 saturated carbocycles. The fourth-order valence-electron chi connectivity index (χ4n) is 7.12. The summed E-state index contributed by atoms with van der Waals surface area (Å²) in [6.45, 7) is 7.53. The van der Waals surface area contributed by atoms with Gasteiger partial charge >= 0.3 is 5.97 Å². The monoisotopic (exact) mass is 390 g/mol. The van der Waals surface area contributed by atoms with Crippen LogP contribution in [0.3, 0.4) is 0 Å². The Balaban J connectivity index is 1.67. The number of aliphatic hydroxyl groups is 1. The summed E-state index contributed by atoms with van der Waals surface area (Å²) in [5.74, 6) is 0.0250. The summed E-state index contributed by atoms with van der Waals surface area (Å²) in [6.07, 6.45) is 6.06. The van der Waals surface area contributed by atoms with E-state index in [2.05, 4.69) is 20.8 Å². The number of aliphatic hydroxyl groups excluding tert-OH is 1. The van der Waals surface area contributed by atoms with Gasteiger partial charge in [-0.25, -0.2) is 9.18 Å². The van der Waals surface area contributed by atoms with Crippen molar-refractivity contribution < 1.29 is 23.8 Å². The van der Waals surface area contributed by atoms with Gasteiger partial charge in [0.2, 0.25) is 0 Å². The van der Waals surface area contributed by atoms with E-state index in [-0.39, 0.29) is 34.6 Å². The molecule has 0 aromatic heterocycles. The molecule has 0 aliphatic heterocycles. The van der Waals surface area contributed by atoms with Crippen molar-refractivity contribution in [2.24, 2.45) is 34.5 Å². The lowest BCUT2D eigenvalue weighted by molar-refractivity contribution is -0.174. The van der Waals surface area contributed by atoms with Gasteiger partial charge in [-0.15, -0.1) is 0 Å². The highest BCUT2D eigenvalue weighted by atomic mass is 19.1. The molecule has 4 aliphatic rings. The van der Waals surface area contributed by atoms with E-state index in [1.54, 1.807) is 12.2 Å². The first-order chi connectivity index (χ1) is 13.1. The van der Waals surface area contributed by atoms with Crippen molar-refractivity contribution >= 4 is 11.8 Å². The van der Waals surface area contributed by atoms with Crippen LogP contribution in [0.25, 0.3) is 0 Å². The van der Waals surface area contributed by atoms with Crippen LogP contribution >= 0.6 is 0 Å². The summed E-state index contributed by atoms with van der Waals surface area (Å²) in [5, 5.41) is 11.3. The third-order valence-electron chi connectivity index (χ3n) is 8.29. The zero-order valence-electron chi connectivity index (χ0n) is 17.2. The summed E-state index contributed by atoms with van der Waals surface area (Å²) in [6, 6.07) is 0. The number of allylic oxidation sites excluding steroid dienone is 4. The fourth-order valence-corrected chi connectivity index (χ4v) is 7.12. The molecule has 0 radical (unpaired) electrons. The number of alkyl halides is 1. The van der Waals surface area contributed by atoms with Crippen LogP contribution in [0.1, 0.15) is 53.4 Å². The van der Waals surface area contributed by atoms with E-state index >= 15 is 0 Å². The van der Waals surface area contributed by atoms with E-state index in [4.69, 9.17) is 4.74 Å². The number of ether oxygens (including phenoxy) is 1. The van der Waals surface area contributed by atoms with Crippen molar-refractivity contribution in [1.82, 2.24) is 0 Å². The first-order valence-electron chi connectivity index (χ1n) is 10.5.